The molecule has 1 N–H and O–H groups in total. The number of benzene rings is 1. The molecule has 4 aromatic heterocycles. The highest BCUT2D eigenvalue weighted by Gasteiger charge is 2.24. The van der Waals surface area contributed by atoms with E-state index in [0.29, 0.717) is 29.2 Å². The standard InChI is InChI=1S/C31H28ClN7O2/c1-19-6-5-8-28(26-14-20(11-13-34-26)30-27(37-31(19)41)17-36-38(30)2)39-18-35-25(16-29(39)40)23-15-21(32)9-10-22(23)24-7-3-4-12-33-24/h3-4,7,9-19,28H,5-6,8H2,1-2H3,(H,37,41)/t19-,28+/m1/s1. The highest BCUT2D eigenvalue weighted by molar-refractivity contribution is 6.31. The second kappa shape index (κ2) is 11.1. The highest BCUT2D eigenvalue weighted by atomic mass is 35.5. The van der Waals surface area contributed by atoms with Gasteiger partial charge in [0.2, 0.25) is 5.91 Å². The molecule has 0 spiro atoms. The van der Waals surface area contributed by atoms with E-state index in [2.05, 4.69) is 20.4 Å². The number of halogens is 1. The van der Waals surface area contributed by atoms with Crippen molar-refractivity contribution in [1.82, 2.24) is 29.3 Å². The van der Waals surface area contributed by atoms with Gasteiger partial charge in [0.05, 0.1) is 47.0 Å². The molecule has 9 nitrogen and oxygen atoms in total. The Morgan fingerprint density at radius 3 is 2.61 bits per heavy atom. The van der Waals surface area contributed by atoms with Crippen LogP contribution in [0.2, 0.25) is 5.02 Å². The number of anilines is 1. The largest absolute Gasteiger partial charge is 0.323 e. The third-order valence-electron chi connectivity index (χ3n) is 7.52. The van der Waals surface area contributed by atoms with Gasteiger partial charge < -0.3 is 5.32 Å². The number of pyridine rings is 2. The van der Waals surface area contributed by atoms with Crippen LogP contribution in [0.5, 0.6) is 0 Å². The fraction of sp³-hybridized carbons (Fsp3) is 0.226. The molecule has 2 atom stereocenters. The molecule has 1 aliphatic rings. The number of fused-ring (bicyclic) bond motifs is 4. The van der Waals surface area contributed by atoms with E-state index >= 15 is 0 Å². The van der Waals surface area contributed by atoms with Crippen molar-refractivity contribution in [3.05, 3.63) is 101 Å². The van der Waals surface area contributed by atoms with Gasteiger partial charge in [-0.2, -0.15) is 5.10 Å². The second-order valence-electron chi connectivity index (χ2n) is 10.3. The summed E-state index contributed by atoms with van der Waals surface area (Å²) in [5.74, 6) is -0.265. The smallest absolute Gasteiger partial charge is 0.254 e. The fourth-order valence-electron chi connectivity index (χ4n) is 5.35. The summed E-state index contributed by atoms with van der Waals surface area (Å²) in [6.45, 7) is 1.91. The van der Waals surface area contributed by atoms with Crippen molar-refractivity contribution in [2.24, 2.45) is 13.0 Å². The summed E-state index contributed by atoms with van der Waals surface area (Å²) in [6, 6.07) is 16.2. The maximum Gasteiger partial charge on any atom is 0.254 e. The first-order valence-corrected chi connectivity index (χ1v) is 13.9. The zero-order valence-electron chi connectivity index (χ0n) is 22.7. The average Bonchev–Trinajstić information content (AvgIpc) is 3.34. The van der Waals surface area contributed by atoms with Crippen LogP contribution < -0.4 is 10.9 Å². The summed E-state index contributed by atoms with van der Waals surface area (Å²) >= 11 is 6.36. The maximum absolute atomic E-state index is 13.7. The Morgan fingerprint density at radius 2 is 1.80 bits per heavy atom. The molecule has 0 saturated heterocycles. The Bertz CT molecular complexity index is 1800. The minimum absolute atomic E-state index is 0.0564. The van der Waals surface area contributed by atoms with E-state index < -0.39 is 0 Å². The van der Waals surface area contributed by atoms with Crippen LogP contribution in [0.25, 0.3) is 33.8 Å². The zero-order valence-corrected chi connectivity index (χ0v) is 23.4. The van der Waals surface area contributed by atoms with Crippen LogP contribution in [-0.4, -0.2) is 35.2 Å². The van der Waals surface area contributed by atoms with Gasteiger partial charge in [0.15, 0.2) is 0 Å². The number of aromatic nitrogens is 6. The normalized spacial score (nSPS) is 17.2. The molecule has 206 valence electrons. The van der Waals surface area contributed by atoms with Crippen molar-refractivity contribution in [3.63, 3.8) is 0 Å². The number of aryl methyl sites for hydroxylation is 1. The van der Waals surface area contributed by atoms with E-state index in [4.69, 9.17) is 16.6 Å². The molecule has 2 bridgehead atoms. The molecule has 0 unspecified atom stereocenters. The van der Waals surface area contributed by atoms with Crippen LogP contribution in [-0.2, 0) is 11.8 Å². The average molecular weight is 566 g/mol. The first-order valence-electron chi connectivity index (χ1n) is 13.5. The second-order valence-corrected chi connectivity index (χ2v) is 10.7. The summed E-state index contributed by atoms with van der Waals surface area (Å²) in [5, 5.41) is 7.94. The molecular formula is C31H28ClN7O2. The topological polar surface area (TPSA) is 108 Å². The van der Waals surface area contributed by atoms with Gasteiger partial charge in [0.1, 0.15) is 0 Å². The molecule has 0 radical (unpaired) electrons. The van der Waals surface area contributed by atoms with Crippen molar-refractivity contribution in [3.8, 4) is 33.8 Å². The highest BCUT2D eigenvalue weighted by Crippen LogP contribution is 2.34. The molecule has 1 amide bonds. The Balaban J connectivity index is 1.44. The summed E-state index contributed by atoms with van der Waals surface area (Å²) in [4.78, 5) is 40.5. The quantitative estimate of drug-likeness (QED) is 0.297. The summed E-state index contributed by atoms with van der Waals surface area (Å²) in [6.07, 6.45) is 8.68. The molecule has 41 heavy (non-hydrogen) atoms. The van der Waals surface area contributed by atoms with Crippen LogP contribution in [0.15, 0.2) is 84.3 Å². The van der Waals surface area contributed by atoms with Gasteiger partial charge >= 0.3 is 0 Å². The molecular weight excluding hydrogens is 538 g/mol. The number of nitrogens with zero attached hydrogens (tertiary/aromatic N) is 6. The number of hydrogen-bond donors (Lipinski definition) is 1. The third-order valence-corrected chi connectivity index (χ3v) is 7.76. The van der Waals surface area contributed by atoms with Gasteiger partial charge in [-0.1, -0.05) is 37.1 Å². The molecule has 0 aliphatic carbocycles. The number of nitrogens with one attached hydrogen (secondary N) is 1. The van der Waals surface area contributed by atoms with E-state index in [9.17, 15) is 9.59 Å². The lowest BCUT2D eigenvalue weighted by Gasteiger charge is -2.22. The Kier molecular flexibility index (Phi) is 7.19. The predicted molar refractivity (Wildman–Crippen MR) is 158 cm³/mol. The summed E-state index contributed by atoms with van der Waals surface area (Å²) in [7, 11) is 1.83. The van der Waals surface area contributed by atoms with Crippen LogP contribution >= 0.6 is 11.6 Å². The van der Waals surface area contributed by atoms with Crippen LogP contribution in [0.4, 0.5) is 5.69 Å². The summed E-state index contributed by atoms with van der Waals surface area (Å²) in [5.41, 5.74) is 5.62. The summed E-state index contributed by atoms with van der Waals surface area (Å²) < 4.78 is 3.36. The van der Waals surface area contributed by atoms with Crippen LogP contribution in [0.3, 0.4) is 0 Å². The van der Waals surface area contributed by atoms with Crippen LogP contribution in [0.1, 0.15) is 37.9 Å². The molecule has 5 heterocycles. The molecule has 10 heteroatoms. The fourth-order valence-corrected chi connectivity index (χ4v) is 5.52. The number of hydrogen-bond acceptors (Lipinski definition) is 6. The number of rotatable bonds is 3. The molecule has 5 aromatic rings. The molecule has 1 aromatic carbocycles. The Hall–Kier alpha value is -4.63. The SMILES string of the molecule is C[C@@H]1CCC[C@H](n2cnc(-c3cc(Cl)ccc3-c3ccccn3)cc2=O)c2cc(ccn2)-c2c(cnn2C)NC1=O. The van der Waals surface area contributed by atoms with Gasteiger partial charge in [-0.25, -0.2) is 4.98 Å². The van der Waals surface area contributed by atoms with E-state index in [-0.39, 0.29) is 23.4 Å². The molecule has 1 aliphatic heterocycles. The zero-order chi connectivity index (χ0) is 28.5. The van der Waals surface area contributed by atoms with Crippen molar-refractivity contribution in [2.75, 3.05) is 5.32 Å². The minimum atomic E-state index is -0.370. The van der Waals surface area contributed by atoms with Gasteiger partial charge in [-0.15, -0.1) is 0 Å². The minimum Gasteiger partial charge on any atom is -0.323 e. The van der Waals surface area contributed by atoms with Crippen molar-refractivity contribution in [2.45, 2.75) is 32.2 Å². The lowest BCUT2D eigenvalue weighted by Crippen LogP contribution is -2.27. The number of carbonyl (C=O) groups is 1. The van der Waals surface area contributed by atoms with Gasteiger partial charge in [0, 0.05) is 53.1 Å². The lowest BCUT2D eigenvalue weighted by molar-refractivity contribution is -0.119. The monoisotopic (exact) mass is 565 g/mol. The maximum atomic E-state index is 13.7. The third kappa shape index (κ3) is 5.28. The van der Waals surface area contributed by atoms with E-state index in [0.717, 1.165) is 40.2 Å². The van der Waals surface area contributed by atoms with Crippen molar-refractivity contribution in [1.29, 1.82) is 0 Å². The Morgan fingerprint density at radius 1 is 0.927 bits per heavy atom. The lowest BCUT2D eigenvalue weighted by atomic mass is 9.97. The van der Waals surface area contributed by atoms with Gasteiger partial charge in [-0.3, -0.25) is 28.8 Å². The van der Waals surface area contributed by atoms with E-state index in [1.807, 2.05) is 50.4 Å². The first kappa shape index (κ1) is 26.6. The molecule has 6 rings (SSSR count). The number of carbonyl (C=O) groups excluding carboxylic acids is 1. The van der Waals surface area contributed by atoms with E-state index in [1.54, 1.807) is 46.3 Å². The Labute approximate surface area is 241 Å². The predicted octanol–water partition coefficient (Wildman–Crippen LogP) is 5.77. The van der Waals surface area contributed by atoms with Crippen molar-refractivity contribution >= 4 is 23.2 Å². The van der Waals surface area contributed by atoms with Crippen LogP contribution in [0, 0.1) is 5.92 Å². The molecule has 0 fully saturated rings. The van der Waals surface area contributed by atoms with Crippen molar-refractivity contribution < 1.29 is 4.79 Å². The first-order chi connectivity index (χ1) is 19.9. The van der Waals surface area contributed by atoms with E-state index in [1.165, 1.54) is 6.07 Å². The molecule has 0 saturated carbocycles. The number of amides is 1. The van der Waals surface area contributed by atoms with Gasteiger partial charge in [-0.05, 0) is 49.2 Å². The van der Waals surface area contributed by atoms with Gasteiger partial charge in [0.25, 0.3) is 5.56 Å².